The molecule has 0 aliphatic heterocycles. The molecule has 0 saturated carbocycles. The van der Waals surface area contributed by atoms with Crippen molar-refractivity contribution in [2.75, 3.05) is 12.4 Å². The highest BCUT2D eigenvalue weighted by atomic mass is 32.2. The van der Waals surface area contributed by atoms with Gasteiger partial charge in [0.2, 0.25) is 0 Å². The maximum absolute atomic E-state index is 14.3. The maximum Gasteiger partial charge on any atom is 0.398 e. The van der Waals surface area contributed by atoms with Crippen LogP contribution in [0.15, 0.2) is 45.7 Å². The second kappa shape index (κ2) is 12.4. The molecule has 3 unspecified atom stereocenters. The third-order valence-electron chi connectivity index (χ3n) is 7.93. The van der Waals surface area contributed by atoms with Gasteiger partial charge >= 0.3 is 12.1 Å². The molecule has 0 fully saturated rings. The summed E-state index contributed by atoms with van der Waals surface area (Å²) in [5, 5.41) is 0.845. The minimum atomic E-state index is -4.61. The topological polar surface area (TPSA) is 104 Å². The van der Waals surface area contributed by atoms with Gasteiger partial charge in [-0.25, -0.2) is 0 Å². The van der Waals surface area contributed by atoms with Gasteiger partial charge in [-0.05, 0) is 90.3 Å². The second-order valence-electron chi connectivity index (χ2n) is 12.0. The van der Waals surface area contributed by atoms with Gasteiger partial charge in [-0.2, -0.15) is 13.2 Å². The number of furan rings is 1. The summed E-state index contributed by atoms with van der Waals surface area (Å²) in [7, 11) is 0. The van der Waals surface area contributed by atoms with Crippen LogP contribution in [0.4, 0.5) is 13.2 Å². The summed E-state index contributed by atoms with van der Waals surface area (Å²) in [6, 6.07) is 10.9. The molecule has 3 rings (SSSR count). The number of carbonyl (C=O) groups excluding carboxylic acids is 1. The first-order chi connectivity index (χ1) is 18.9. The van der Waals surface area contributed by atoms with E-state index in [0.717, 1.165) is 53.9 Å². The van der Waals surface area contributed by atoms with E-state index in [1.54, 1.807) is 39.8 Å². The van der Waals surface area contributed by atoms with Gasteiger partial charge in [-0.1, -0.05) is 13.8 Å². The summed E-state index contributed by atoms with van der Waals surface area (Å²) in [5.74, 6) is -0.480. The predicted molar refractivity (Wildman–Crippen MR) is 159 cm³/mol. The SMILES string of the molecule is CCc1ccc(-c2cc3ccc(SCC(C)(COC(=O)C(C)(C)C(C)(N)CC(C)N)C(F)(F)F)cc3o2)c(CC)n1. The highest BCUT2D eigenvalue weighted by molar-refractivity contribution is 7.99. The number of pyridine rings is 1. The van der Waals surface area contributed by atoms with E-state index in [9.17, 15) is 18.0 Å². The number of nitrogens with zero attached hydrogens (tertiary/aromatic N) is 1. The van der Waals surface area contributed by atoms with Crippen molar-refractivity contribution in [3.63, 3.8) is 0 Å². The molecule has 0 aliphatic rings. The lowest BCUT2D eigenvalue weighted by Crippen LogP contribution is -2.57. The molecule has 0 radical (unpaired) electrons. The van der Waals surface area contributed by atoms with Crippen molar-refractivity contribution in [3.05, 3.63) is 47.8 Å². The Morgan fingerprint density at radius 3 is 2.34 bits per heavy atom. The first-order valence-corrected chi connectivity index (χ1v) is 14.9. The van der Waals surface area contributed by atoms with E-state index in [-0.39, 0.29) is 11.8 Å². The highest BCUT2D eigenvalue weighted by Gasteiger charge is 2.53. The van der Waals surface area contributed by atoms with Crippen molar-refractivity contribution in [2.24, 2.45) is 22.3 Å². The predicted octanol–water partition coefficient (Wildman–Crippen LogP) is 7.30. The standard InChI is InChI=1S/C31H42F3N3O3S/c1-8-21-11-13-23(24(9-2)37-21)26-14-20-10-12-22(15-25(20)40-26)41-18-29(6,31(32,33)34)17-39-27(38)28(4,5)30(7,36)16-19(3)35/h10-15,19H,8-9,16-18,35-36H2,1-7H3. The third kappa shape index (κ3) is 7.27. The number of benzene rings is 1. The fraction of sp³-hybridized carbons (Fsp3) is 0.548. The van der Waals surface area contributed by atoms with Gasteiger partial charge in [0.15, 0.2) is 0 Å². The number of thioether (sulfide) groups is 1. The molecule has 2 aromatic heterocycles. The fourth-order valence-electron chi connectivity index (χ4n) is 4.48. The van der Waals surface area contributed by atoms with Crippen LogP contribution in [0.2, 0.25) is 0 Å². The third-order valence-corrected chi connectivity index (χ3v) is 9.30. The number of hydrogen-bond acceptors (Lipinski definition) is 7. The Labute approximate surface area is 244 Å². The lowest BCUT2D eigenvalue weighted by atomic mass is 9.71. The number of aromatic nitrogens is 1. The smallest absolute Gasteiger partial charge is 0.398 e. The number of aryl methyl sites for hydroxylation is 2. The van der Waals surface area contributed by atoms with E-state index in [4.69, 9.17) is 25.6 Å². The summed E-state index contributed by atoms with van der Waals surface area (Å²) in [4.78, 5) is 18.3. The summed E-state index contributed by atoms with van der Waals surface area (Å²) >= 11 is 1.03. The Morgan fingerprint density at radius 2 is 1.76 bits per heavy atom. The van der Waals surface area contributed by atoms with Gasteiger partial charge in [0, 0.05) is 38.9 Å². The van der Waals surface area contributed by atoms with Gasteiger partial charge in [0.25, 0.3) is 0 Å². The molecule has 10 heteroatoms. The molecule has 0 bridgehead atoms. The van der Waals surface area contributed by atoms with Crippen molar-refractivity contribution in [3.8, 4) is 11.3 Å². The normalized spacial score (nSPS) is 16.3. The number of halogens is 3. The molecule has 41 heavy (non-hydrogen) atoms. The number of ether oxygens (including phenoxy) is 1. The van der Waals surface area contributed by atoms with E-state index in [1.165, 1.54) is 0 Å². The molecule has 0 amide bonds. The number of nitrogens with two attached hydrogens (primary N) is 2. The Morgan fingerprint density at radius 1 is 1.07 bits per heavy atom. The van der Waals surface area contributed by atoms with Crippen molar-refractivity contribution in [1.29, 1.82) is 0 Å². The van der Waals surface area contributed by atoms with Crippen LogP contribution in [0.5, 0.6) is 0 Å². The van der Waals surface area contributed by atoms with Crippen LogP contribution in [-0.2, 0) is 22.4 Å². The Balaban J connectivity index is 1.78. The van der Waals surface area contributed by atoms with Gasteiger partial charge in [0.1, 0.15) is 23.4 Å². The number of alkyl halides is 3. The lowest BCUT2D eigenvalue weighted by Gasteiger charge is -2.41. The molecule has 0 spiro atoms. The number of hydrogen-bond donors (Lipinski definition) is 2. The molecule has 3 atom stereocenters. The highest BCUT2D eigenvalue weighted by Crippen LogP contribution is 2.44. The Kier molecular flexibility index (Phi) is 9.93. The quantitative estimate of drug-likeness (QED) is 0.168. The van der Waals surface area contributed by atoms with Crippen LogP contribution < -0.4 is 11.5 Å². The minimum absolute atomic E-state index is 0.288. The van der Waals surface area contributed by atoms with E-state index in [2.05, 4.69) is 6.92 Å². The number of fused-ring (bicyclic) bond motifs is 1. The van der Waals surface area contributed by atoms with Crippen LogP contribution in [0.3, 0.4) is 0 Å². The van der Waals surface area contributed by atoms with Gasteiger partial charge in [-0.15, -0.1) is 11.8 Å². The average molecular weight is 594 g/mol. The zero-order chi connectivity index (χ0) is 30.8. The molecule has 3 aromatic rings. The molecule has 0 saturated heterocycles. The monoisotopic (exact) mass is 593 g/mol. The maximum atomic E-state index is 14.3. The van der Waals surface area contributed by atoms with E-state index < -0.39 is 35.1 Å². The van der Waals surface area contributed by atoms with E-state index in [0.29, 0.717) is 22.7 Å². The molecule has 2 heterocycles. The van der Waals surface area contributed by atoms with Crippen molar-refractivity contribution in [2.45, 2.75) is 90.4 Å². The van der Waals surface area contributed by atoms with Crippen molar-refractivity contribution < 1.29 is 27.1 Å². The largest absolute Gasteiger partial charge is 0.464 e. The molecule has 1 aromatic carbocycles. The molecule has 4 N–H and O–H groups in total. The average Bonchev–Trinajstić information content (AvgIpc) is 3.31. The van der Waals surface area contributed by atoms with Gasteiger partial charge in [0.05, 0.1) is 11.1 Å². The zero-order valence-electron chi connectivity index (χ0n) is 24.9. The molecule has 6 nitrogen and oxygen atoms in total. The van der Waals surface area contributed by atoms with E-state index in [1.807, 2.05) is 31.2 Å². The fourth-order valence-corrected chi connectivity index (χ4v) is 5.57. The Hall–Kier alpha value is -2.56. The van der Waals surface area contributed by atoms with Crippen LogP contribution >= 0.6 is 11.8 Å². The molecule has 0 aliphatic carbocycles. The van der Waals surface area contributed by atoms with Crippen LogP contribution in [0, 0.1) is 10.8 Å². The second-order valence-corrected chi connectivity index (χ2v) is 13.0. The molecular formula is C31H42F3N3O3S. The van der Waals surface area contributed by atoms with Gasteiger partial charge < -0.3 is 20.6 Å². The summed E-state index contributed by atoms with van der Waals surface area (Å²) in [5.41, 5.74) is 11.0. The molecule has 226 valence electrons. The summed E-state index contributed by atoms with van der Waals surface area (Å²) < 4.78 is 54.2. The first-order valence-electron chi connectivity index (χ1n) is 13.9. The number of carbonyl (C=O) groups is 1. The van der Waals surface area contributed by atoms with Crippen molar-refractivity contribution in [1.82, 2.24) is 4.98 Å². The summed E-state index contributed by atoms with van der Waals surface area (Å²) in [6.45, 7) is 10.9. The van der Waals surface area contributed by atoms with Crippen LogP contribution in [-0.4, -0.2) is 41.1 Å². The number of esters is 1. The van der Waals surface area contributed by atoms with Crippen LogP contribution in [0.25, 0.3) is 22.3 Å². The molecular weight excluding hydrogens is 551 g/mol. The van der Waals surface area contributed by atoms with Crippen LogP contribution in [0.1, 0.15) is 66.3 Å². The lowest BCUT2D eigenvalue weighted by molar-refractivity contribution is -0.226. The minimum Gasteiger partial charge on any atom is -0.464 e. The summed E-state index contributed by atoms with van der Waals surface area (Å²) in [6.07, 6.45) is -2.73. The van der Waals surface area contributed by atoms with E-state index >= 15 is 0 Å². The van der Waals surface area contributed by atoms with Crippen molar-refractivity contribution >= 4 is 28.7 Å². The first kappa shape index (κ1) is 32.9. The zero-order valence-corrected chi connectivity index (χ0v) is 25.8. The Bertz CT molecular complexity index is 1370. The number of rotatable bonds is 12. The van der Waals surface area contributed by atoms with Gasteiger partial charge in [-0.3, -0.25) is 9.78 Å².